The fourth-order valence-electron chi connectivity index (χ4n) is 1.80. The Morgan fingerprint density at radius 3 is 3.05 bits per heavy atom. The monoisotopic (exact) mass is 326 g/mol. The molecule has 118 valence electrons. The van der Waals surface area contributed by atoms with Crippen LogP contribution >= 0.6 is 11.6 Å². The van der Waals surface area contributed by atoms with E-state index < -0.39 is 17.8 Å². The van der Waals surface area contributed by atoms with Crippen LogP contribution in [0.3, 0.4) is 0 Å². The number of carbonyl (C=O) groups excluding carboxylic acids is 1. The van der Waals surface area contributed by atoms with Crippen LogP contribution in [0.5, 0.6) is 0 Å². The maximum atomic E-state index is 13.9. The normalized spacial score (nSPS) is 12.2. The van der Waals surface area contributed by atoms with E-state index in [9.17, 15) is 14.3 Å². The first-order chi connectivity index (χ1) is 10.5. The minimum atomic E-state index is -0.632. The Morgan fingerprint density at radius 1 is 1.55 bits per heavy atom. The highest BCUT2D eigenvalue weighted by Gasteiger charge is 2.14. The molecule has 1 aromatic carbocycles. The van der Waals surface area contributed by atoms with Gasteiger partial charge in [-0.25, -0.2) is 9.07 Å². The molecule has 0 saturated carbocycles. The molecule has 0 spiro atoms. The molecule has 0 aliphatic carbocycles. The summed E-state index contributed by atoms with van der Waals surface area (Å²) in [5, 5.41) is 19.4. The maximum absolute atomic E-state index is 13.9. The SMILES string of the molecule is CCC(O)CCNC(=O)c1cn(-c2cccc(Cl)c2F)nn1. The first kappa shape index (κ1) is 16.4. The number of nitrogens with one attached hydrogen (secondary N) is 1. The fraction of sp³-hybridized carbons (Fsp3) is 0.357. The third-order valence-electron chi connectivity index (χ3n) is 3.14. The van der Waals surface area contributed by atoms with Gasteiger partial charge < -0.3 is 10.4 Å². The van der Waals surface area contributed by atoms with E-state index in [4.69, 9.17) is 11.6 Å². The third kappa shape index (κ3) is 3.80. The number of benzene rings is 1. The zero-order valence-corrected chi connectivity index (χ0v) is 12.7. The van der Waals surface area contributed by atoms with E-state index in [0.29, 0.717) is 19.4 Å². The standard InChI is InChI=1S/C14H16ClFN4O2/c1-2-9(21)6-7-17-14(22)11-8-20(19-18-11)12-5-3-4-10(15)13(12)16/h3-5,8-9,21H,2,6-7H2,1H3,(H,17,22). The average molecular weight is 327 g/mol. The fourth-order valence-corrected chi connectivity index (χ4v) is 1.97. The van der Waals surface area contributed by atoms with Crippen molar-refractivity contribution in [3.8, 4) is 5.69 Å². The lowest BCUT2D eigenvalue weighted by Crippen LogP contribution is -2.27. The Morgan fingerprint density at radius 2 is 2.32 bits per heavy atom. The molecular weight excluding hydrogens is 311 g/mol. The van der Waals surface area contributed by atoms with Crippen LogP contribution in [-0.2, 0) is 0 Å². The van der Waals surface area contributed by atoms with Crippen molar-refractivity contribution in [1.29, 1.82) is 0 Å². The Bertz CT molecular complexity index is 662. The van der Waals surface area contributed by atoms with Gasteiger partial charge in [0.25, 0.3) is 5.91 Å². The van der Waals surface area contributed by atoms with Gasteiger partial charge in [-0.2, -0.15) is 0 Å². The van der Waals surface area contributed by atoms with Crippen LogP contribution in [0.15, 0.2) is 24.4 Å². The number of hydrogen-bond donors (Lipinski definition) is 2. The molecule has 22 heavy (non-hydrogen) atoms. The topological polar surface area (TPSA) is 80.0 Å². The van der Waals surface area contributed by atoms with Gasteiger partial charge in [-0.05, 0) is 25.0 Å². The number of aliphatic hydroxyl groups is 1. The van der Waals surface area contributed by atoms with Crippen LogP contribution in [0.25, 0.3) is 5.69 Å². The molecule has 2 aromatic rings. The summed E-state index contributed by atoms with van der Waals surface area (Å²) in [7, 11) is 0. The number of aliphatic hydroxyl groups excluding tert-OH is 1. The molecule has 0 saturated heterocycles. The van der Waals surface area contributed by atoms with Crippen molar-refractivity contribution < 1.29 is 14.3 Å². The van der Waals surface area contributed by atoms with Crippen LogP contribution in [0.4, 0.5) is 4.39 Å². The molecule has 0 aliphatic rings. The van der Waals surface area contributed by atoms with Gasteiger partial charge in [0.1, 0.15) is 5.69 Å². The van der Waals surface area contributed by atoms with Crippen molar-refractivity contribution in [2.24, 2.45) is 0 Å². The molecule has 1 heterocycles. The van der Waals surface area contributed by atoms with Crippen molar-refractivity contribution in [2.45, 2.75) is 25.9 Å². The highest BCUT2D eigenvalue weighted by molar-refractivity contribution is 6.30. The summed E-state index contributed by atoms with van der Waals surface area (Å²) >= 11 is 5.71. The van der Waals surface area contributed by atoms with Crippen LogP contribution < -0.4 is 5.32 Å². The highest BCUT2D eigenvalue weighted by Crippen LogP contribution is 2.20. The molecule has 2 rings (SSSR count). The molecule has 2 N–H and O–H groups in total. The summed E-state index contributed by atoms with van der Waals surface area (Å²) < 4.78 is 15.0. The number of rotatable bonds is 6. The molecule has 0 aliphatic heterocycles. The lowest BCUT2D eigenvalue weighted by atomic mass is 10.2. The lowest BCUT2D eigenvalue weighted by molar-refractivity contribution is 0.0937. The van der Waals surface area contributed by atoms with E-state index in [1.54, 1.807) is 6.07 Å². The van der Waals surface area contributed by atoms with Crippen LogP contribution in [0.1, 0.15) is 30.3 Å². The predicted octanol–water partition coefficient (Wildman–Crippen LogP) is 1.95. The van der Waals surface area contributed by atoms with E-state index >= 15 is 0 Å². The lowest BCUT2D eigenvalue weighted by Gasteiger charge is -2.07. The van der Waals surface area contributed by atoms with E-state index in [-0.39, 0.29) is 16.4 Å². The van der Waals surface area contributed by atoms with Gasteiger partial charge in [-0.3, -0.25) is 4.79 Å². The van der Waals surface area contributed by atoms with E-state index in [2.05, 4.69) is 15.6 Å². The van der Waals surface area contributed by atoms with Gasteiger partial charge in [0, 0.05) is 6.54 Å². The summed E-state index contributed by atoms with van der Waals surface area (Å²) in [5.41, 5.74) is 0.172. The molecule has 1 atom stereocenters. The van der Waals surface area contributed by atoms with Crippen molar-refractivity contribution >= 4 is 17.5 Å². The summed E-state index contributed by atoms with van der Waals surface area (Å²) in [6.45, 7) is 2.18. The van der Waals surface area contributed by atoms with Gasteiger partial charge in [0.15, 0.2) is 11.5 Å². The second-order valence-corrected chi connectivity index (χ2v) is 5.14. The van der Waals surface area contributed by atoms with Crippen LogP contribution in [0, 0.1) is 5.82 Å². The Hall–Kier alpha value is -1.99. The van der Waals surface area contributed by atoms with E-state index in [1.165, 1.54) is 18.3 Å². The van der Waals surface area contributed by atoms with Gasteiger partial charge in [0.2, 0.25) is 0 Å². The van der Waals surface area contributed by atoms with Gasteiger partial charge in [0.05, 0.1) is 17.3 Å². The summed E-state index contributed by atoms with van der Waals surface area (Å²) in [6.07, 6.45) is 1.95. The second-order valence-electron chi connectivity index (χ2n) is 4.73. The number of nitrogens with zero attached hydrogens (tertiary/aromatic N) is 3. The summed E-state index contributed by atoms with van der Waals surface area (Å²) in [4.78, 5) is 11.9. The Balaban J connectivity index is 2.05. The van der Waals surface area contributed by atoms with Gasteiger partial charge in [-0.1, -0.05) is 29.8 Å². The molecule has 8 heteroatoms. The molecule has 0 fully saturated rings. The third-order valence-corrected chi connectivity index (χ3v) is 3.43. The second kappa shape index (κ2) is 7.33. The molecule has 1 aromatic heterocycles. The first-order valence-electron chi connectivity index (χ1n) is 6.86. The van der Waals surface area contributed by atoms with Crippen molar-refractivity contribution in [3.63, 3.8) is 0 Å². The molecule has 0 bridgehead atoms. The van der Waals surface area contributed by atoms with E-state index in [0.717, 1.165) is 4.68 Å². The van der Waals surface area contributed by atoms with Gasteiger partial charge in [-0.15, -0.1) is 5.10 Å². The number of hydrogen-bond acceptors (Lipinski definition) is 4. The van der Waals surface area contributed by atoms with Crippen LogP contribution in [0.2, 0.25) is 5.02 Å². The smallest absolute Gasteiger partial charge is 0.273 e. The van der Waals surface area contributed by atoms with Crippen LogP contribution in [-0.4, -0.2) is 38.7 Å². The molecule has 1 unspecified atom stereocenters. The summed E-state index contributed by atoms with van der Waals surface area (Å²) in [5.74, 6) is -1.07. The molecule has 6 nitrogen and oxygen atoms in total. The molecule has 1 amide bonds. The number of halogens is 2. The molecular formula is C14H16ClFN4O2. The number of aromatic nitrogens is 3. The molecule has 0 radical (unpaired) electrons. The minimum Gasteiger partial charge on any atom is -0.393 e. The largest absolute Gasteiger partial charge is 0.393 e. The Labute approximate surface area is 131 Å². The average Bonchev–Trinajstić information content (AvgIpc) is 2.99. The number of amides is 1. The first-order valence-corrected chi connectivity index (χ1v) is 7.23. The number of carbonyl (C=O) groups is 1. The van der Waals surface area contributed by atoms with Crippen molar-refractivity contribution in [2.75, 3.05) is 6.54 Å². The summed E-state index contributed by atoms with van der Waals surface area (Å²) in [6, 6.07) is 4.48. The maximum Gasteiger partial charge on any atom is 0.273 e. The van der Waals surface area contributed by atoms with E-state index in [1.807, 2.05) is 6.92 Å². The highest BCUT2D eigenvalue weighted by atomic mass is 35.5. The zero-order valence-electron chi connectivity index (χ0n) is 12.0. The quantitative estimate of drug-likeness (QED) is 0.850. The van der Waals surface area contributed by atoms with Crippen molar-refractivity contribution in [3.05, 3.63) is 40.9 Å². The minimum absolute atomic E-state index is 0.0347. The van der Waals surface area contributed by atoms with Gasteiger partial charge >= 0.3 is 0 Å². The predicted molar refractivity (Wildman–Crippen MR) is 79.6 cm³/mol. The Kier molecular flexibility index (Phi) is 5.46. The zero-order chi connectivity index (χ0) is 16.1. The van der Waals surface area contributed by atoms with Crippen molar-refractivity contribution in [1.82, 2.24) is 20.3 Å².